The van der Waals surface area contributed by atoms with Gasteiger partial charge in [-0.2, -0.15) is 0 Å². The Kier molecular flexibility index (Phi) is 5.98. The van der Waals surface area contributed by atoms with E-state index in [1.807, 2.05) is 24.3 Å². The van der Waals surface area contributed by atoms with E-state index >= 15 is 0 Å². The molecule has 28 heavy (non-hydrogen) atoms. The molecule has 0 N–H and O–H groups in total. The Bertz CT molecular complexity index is 778. The smallest absolute Gasteiger partial charge is 0.150 e. The van der Waals surface area contributed by atoms with E-state index in [1.165, 1.54) is 25.7 Å². The monoisotopic (exact) mass is 376 g/mol. The third-order valence-corrected chi connectivity index (χ3v) is 6.06. The van der Waals surface area contributed by atoms with Gasteiger partial charge in [-0.25, -0.2) is 0 Å². The Balaban J connectivity index is 1.82. The summed E-state index contributed by atoms with van der Waals surface area (Å²) in [6.45, 7) is 6.05. The van der Waals surface area contributed by atoms with E-state index in [2.05, 4.69) is 21.9 Å². The molecule has 2 fully saturated rings. The molecule has 0 bridgehead atoms. The molecule has 146 valence electrons. The Hall–Kier alpha value is -2.30. The molecular weight excluding hydrogens is 348 g/mol. The Labute approximate surface area is 167 Å². The largest absolute Gasteiger partial charge is 0.299 e. The van der Waals surface area contributed by atoms with Crippen LogP contribution in [0.3, 0.4) is 0 Å². The van der Waals surface area contributed by atoms with Gasteiger partial charge >= 0.3 is 0 Å². The molecular formula is C24H28N2O2. The lowest BCUT2D eigenvalue weighted by Gasteiger charge is -2.23. The fourth-order valence-electron chi connectivity index (χ4n) is 4.67. The number of benzene rings is 2. The van der Waals surface area contributed by atoms with Gasteiger partial charge in [0.1, 0.15) is 0 Å². The number of carbonyl (C=O) groups excluding carboxylic acids is 2. The van der Waals surface area contributed by atoms with Crippen LogP contribution in [0.1, 0.15) is 57.5 Å². The number of nitrogens with zero attached hydrogens (tertiary/aromatic N) is 2. The lowest BCUT2D eigenvalue weighted by Crippen LogP contribution is -2.21. The van der Waals surface area contributed by atoms with Crippen LogP contribution in [0.25, 0.3) is 11.1 Å². The van der Waals surface area contributed by atoms with E-state index in [9.17, 15) is 9.59 Å². The Morgan fingerprint density at radius 2 is 1.04 bits per heavy atom. The van der Waals surface area contributed by atoms with Crippen LogP contribution in [-0.2, 0) is 13.1 Å². The molecule has 4 rings (SSSR count). The minimum Gasteiger partial charge on any atom is -0.299 e. The molecule has 0 aliphatic carbocycles. The van der Waals surface area contributed by atoms with Crippen molar-refractivity contribution in [3.8, 4) is 11.1 Å². The van der Waals surface area contributed by atoms with Crippen LogP contribution in [0.4, 0.5) is 0 Å². The van der Waals surface area contributed by atoms with E-state index in [1.54, 1.807) is 0 Å². The molecule has 4 nitrogen and oxygen atoms in total. The zero-order valence-corrected chi connectivity index (χ0v) is 16.4. The maximum absolute atomic E-state index is 11.9. The van der Waals surface area contributed by atoms with Crippen molar-refractivity contribution in [3.63, 3.8) is 0 Å². The average molecular weight is 377 g/mol. The van der Waals surface area contributed by atoms with E-state index in [-0.39, 0.29) is 0 Å². The van der Waals surface area contributed by atoms with Crippen LogP contribution in [-0.4, -0.2) is 48.6 Å². The number of hydrogen-bond acceptors (Lipinski definition) is 4. The summed E-state index contributed by atoms with van der Waals surface area (Å²) < 4.78 is 0. The standard InChI is InChI=1S/C24H28N2O2/c27-17-21-9-5-7-19(15-25-11-1-2-12-25)23(21)24-20(8-6-10-22(24)18-28)16-26-13-3-4-14-26/h5-10,17-18H,1-4,11-16H2. The Morgan fingerprint density at radius 1 is 0.643 bits per heavy atom. The van der Waals surface area contributed by atoms with Crippen LogP contribution in [0, 0.1) is 0 Å². The predicted molar refractivity (Wildman–Crippen MR) is 112 cm³/mol. The van der Waals surface area contributed by atoms with E-state index in [0.717, 1.165) is 74.1 Å². The first-order chi connectivity index (χ1) is 13.8. The molecule has 2 heterocycles. The van der Waals surface area contributed by atoms with Gasteiger partial charge in [-0.15, -0.1) is 0 Å². The first-order valence-electron chi connectivity index (χ1n) is 10.4. The van der Waals surface area contributed by atoms with Crippen LogP contribution < -0.4 is 0 Å². The topological polar surface area (TPSA) is 40.6 Å². The van der Waals surface area contributed by atoms with Gasteiger partial charge in [0.05, 0.1) is 0 Å². The first kappa shape index (κ1) is 19.0. The molecule has 2 aliphatic rings. The van der Waals surface area contributed by atoms with E-state index in [0.29, 0.717) is 11.1 Å². The van der Waals surface area contributed by atoms with Crippen LogP contribution in [0.15, 0.2) is 36.4 Å². The average Bonchev–Trinajstić information content (AvgIpc) is 3.42. The second-order valence-corrected chi connectivity index (χ2v) is 7.96. The highest BCUT2D eigenvalue weighted by Gasteiger charge is 2.22. The SMILES string of the molecule is O=Cc1cccc(CN2CCCC2)c1-c1c(C=O)cccc1CN1CCCC1. The van der Waals surface area contributed by atoms with Gasteiger partial charge in [0.25, 0.3) is 0 Å². The third-order valence-electron chi connectivity index (χ3n) is 6.06. The van der Waals surface area contributed by atoms with Crippen molar-refractivity contribution in [3.05, 3.63) is 58.7 Å². The number of aldehydes is 2. The summed E-state index contributed by atoms with van der Waals surface area (Å²) in [6, 6.07) is 11.9. The lowest BCUT2D eigenvalue weighted by atomic mass is 9.88. The number of likely N-dealkylation sites (tertiary alicyclic amines) is 2. The molecule has 0 aromatic heterocycles. The van der Waals surface area contributed by atoms with Crippen molar-refractivity contribution >= 4 is 12.6 Å². The van der Waals surface area contributed by atoms with Gasteiger partial charge in [0, 0.05) is 24.2 Å². The number of rotatable bonds is 7. The van der Waals surface area contributed by atoms with Crippen molar-refractivity contribution in [1.29, 1.82) is 0 Å². The van der Waals surface area contributed by atoms with Crippen LogP contribution in [0.5, 0.6) is 0 Å². The molecule has 0 unspecified atom stereocenters. The van der Waals surface area contributed by atoms with Crippen LogP contribution in [0.2, 0.25) is 0 Å². The molecule has 4 heteroatoms. The van der Waals surface area contributed by atoms with Gasteiger partial charge in [-0.1, -0.05) is 36.4 Å². The molecule has 0 radical (unpaired) electrons. The van der Waals surface area contributed by atoms with Gasteiger partial charge in [-0.3, -0.25) is 19.4 Å². The summed E-state index contributed by atoms with van der Waals surface area (Å²) in [6.07, 6.45) is 6.79. The van der Waals surface area contributed by atoms with Crippen molar-refractivity contribution in [2.24, 2.45) is 0 Å². The quantitative estimate of drug-likeness (QED) is 0.680. The summed E-state index contributed by atoms with van der Waals surface area (Å²) in [5, 5.41) is 0. The highest BCUT2D eigenvalue weighted by molar-refractivity contribution is 5.96. The fourth-order valence-corrected chi connectivity index (χ4v) is 4.67. The summed E-state index contributed by atoms with van der Waals surface area (Å²) in [4.78, 5) is 28.7. The number of carbonyl (C=O) groups is 2. The van der Waals surface area contributed by atoms with Crippen molar-refractivity contribution in [2.45, 2.75) is 38.8 Å². The zero-order chi connectivity index (χ0) is 19.3. The maximum Gasteiger partial charge on any atom is 0.150 e. The first-order valence-corrected chi connectivity index (χ1v) is 10.4. The zero-order valence-electron chi connectivity index (χ0n) is 16.4. The van der Waals surface area contributed by atoms with Crippen LogP contribution >= 0.6 is 0 Å². The van der Waals surface area contributed by atoms with Crippen molar-refractivity contribution in [2.75, 3.05) is 26.2 Å². The van der Waals surface area contributed by atoms with Crippen molar-refractivity contribution < 1.29 is 9.59 Å². The molecule has 2 aliphatic heterocycles. The maximum atomic E-state index is 11.9. The second kappa shape index (κ2) is 8.80. The van der Waals surface area contributed by atoms with Gasteiger partial charge in [0.15, 0.2) is 12.6 Å². The minimum atomic E-state index is 0.675. The summed E-state index contributed by atoms with van der Waals surface area (Å²) in [7, 11) is 0. The van der Waals surface area contributed by atoms with E-state index in [4.69, 9.17) is 0 Å². The normalized spacial score (nSPS) is 17.9. The van der Waals surface area contributed by atoms with Gasteiger partial charge < -0.3 is 0 Å². The third kappa shape index (κ3) is 3.94. The summed E-state index contributed by atoms with van der Waals surface area (Å²) >= 11 is 0. The molecule has 2 saturated heterocycles. The van der Waals surface area contributed by atoms with Gasteiger partial charge in [0.2, 0.25) is 0 Å². The summed E-state index contributed by atoms with van der Waals surface area (Å²) in [5.41, 5.74) is 5.52. The minimum absolute atomic E-state index is 0.675. The summed E-state index contributed by atoms with van der Waals surface area (Å²) in [5.74, 6) is 0. The molecule has 0 spiro atoms. The van der Waals surface area contributed by atoms with Crippen molar-refractivity contribution in [1.82, 2.24) is 9.80 Å². The molecule has 0 atom stereocenters. The molecule has 2 aromatic carbocycles. The van der Waals surface area contributed by atoms with E-state index < -0.39 is 0 Å². The number of hydrogen-bond donors (Lipinski definition) is 0. The predicted octanol–water partition coefficient (Wildman–Crippen LogP) is 4.17. The molecule has 0 amide bonds. The fraction of sp³-hybridized carbons (Fsp3) is 0.417. The lowest BCUT2D eigenvalue weighted by molar-refractivity contribution is 0.111. The molecule has 0 saturated carbocycles. The highest BCUT2D eigenvalue weighted by Crippen LogP contribution is 2.35. The van der Waals surface area contributed by atoms with Gasteiger partial charge in [-0.05, 0) is 74.1 Å². The molecule has 2 aromatic rings. The Morgan fingerprint density at radius 3 is 1.39 bits per heavy atom. The highest BCUT2D eigenvalue weighted by atomic mass is 16.1. The second-order valence-electron chi connectivity index (χ2n) is 7.96.